The molecule has 0 bridgehead atoms. The zero-order valence-electron chi connectivity index (χ0n) is 12.2. The van der Waals surface area contributed by atoms with Crippen LogP contribution in [-0.2, 0) is 4.74 Å². The van der Waals surface area contributed by atoms with Crippen molar-refractivity contribution >= 4 is 11.4 Å². The molecule has 19 heavy (non-hydrogen) atoms. The van der Waals surface area contributed by atoms with Crippen LogP contribution in [0.1, 0.15) is 13.8 Å². The lowest BCUT2D eigenvalue weighted by Crippen LogP contribution is -2.51. The molecule has 1 saturated heterocycles. The first-order valence-electron chi connectivity index (χ1n) is 7.12. The Labute approximate surface area is 116 Å². The average molecular weight is 263 g/mol. The second-order valence-electron chi connectivity index (χ2n) is 4.87. The van der Waals surface area contributed by atoms with Crippen molar-refractivity contribution < 1.29 is 4.74 Å². The normalized spacial score (nSPS) is 18.1. The molecular formula is C15H25N3O. The Hall–Kier alpha value is -1.26. The van der Waals surface area contributed by atoms with Gasteiger partial charge in [0.1, 0.15) is 0 Å². The Kier molecular flexibility index (Phi) is 5.05. The summed E-state index contributed by atoms with van der Waals surface area (Å²) in [5.74, 6) is 0. The minimum absolute atomic E-state index is 0.404. The zero-order chi connectivity index (χ0) is 13.7. The van der Waals surface area contributed by atoms with Gasteiger partial charge in [0.15, 0.2) is 0 Å². The molecule has 2 rings (SSSR count). The predicted octanol–water partition coefficient (Wildman–Crippen LogP) is 2.23. The number of rotatable bonds is 5. The van der Waals surface area contributed by atoms with Gasteiger partial charge in [0.25, 0.3) is 0 Å². The summed E-state index contributed by atoms with van der Waals surface area (Å²) < 4.78 is 5.44. The molecule has 4 nitrogen and oxygen atoms in total. The van der Waals surface area contributed by atoms with E-state index in [2.05, 4.69) is 53.2 Å². The standard InChI is InChI=1S/C15H25N3O/c1-4-18(13(2)17-8-10-19-11-9-17)15-7-5-6-14(12-15)16-3/h5-7,12-13,16H,4,8-11H2,1-3H3. The number of benzene rings is 1. The first-order valence-corrected chi connectivity index (χ1v) is 7.12. The highest BCUT2D eigenvalue weighted by atomic mass is 16.5. The van der Waals surface area contributed by atoms with Crippen LogP contribution in [-0.4, -0.2) is 51.0 Å². The molecule has 0 radical (unpaired) electrons. The van der Waals surface area contributed by atoms with Crippen molar-refractivity contribution in [1.29, 1.82) is 0 Å². The molecule has 1 aromatic rings. The molecule has 1 atom stereocenters. The van der Waals surface area contributed by atoms with E-state index in [1.165, 1.54) is 5.69 Å². The van der Waals surface area contributed by atoms with Crippen molar-refractivity contribution in [2.24, 2.45) is 0 Å². The number of anilines is 2. The zero-order valence-corrected chi connectivity index (χ0v) is 12.2. The second kappa shape index (κ2) is 6.78. The molecule has 1 unspecified atom stereocenters. The fourth-order valence-corrected chi connectivity index (χ4v) is 2.65. The maximum atomic E-state index is 5.44. The van der Waals surface area contributed by atoms with Gasteiger partial charge in [-0.05, 0) is 32.0 Å². The molecule has 1 aliphatic heterocycles. The van der Waals surface area contributed by atoms with Gasteiger partial charge in [-0.3, -0.25) is 4.90 Å². The van der Waals surface area contributed by atoms with Gasteiger partial charge >= 0.3 is 0 Å². The van der Waals surface area contributed by atoms with Crippen LogP contribution in [0.3, 0.4) is 0 Å². The molecule has 106 valence electrons. The highest BCUT2D eigenvalue weighted by molar-refractivity contribution is 5.58. The van der Waals surface area contributed by atoms with E-state index in [-0.39, 0.29) is 0 Å². The molecule has 1 fully saturated rings. The van der Waals surface area contributed by atoms with E-state index in [4.69, 9.17) is 4.74 Å². The monoisotopic (exact) mass is 263 g/mol. The van der Waals surface area contributed by atoms with E-state index in [1.807, 2.05) is 7.05 Å². The van der Waals surface area contributed by atoms with E-state index >= 15 is 0 Å². The fraction of sp³-hybridized carbons (Fsp3) is 0.600. The van der Waals surface area contributed by atoms with Crippen molar-refractivity contribution in [3.8, 4) is 0 Å². The van der Waals surface area contributed by atoms with Crippen molar-refractivity contribution in [1.82, 2.24) is 4.90 Å². The summed E-state index contributed by atoms with van der Waals surface area (Å²) in [6.07, 6.45) is 0.404. The van der Waals surface area contributed by atoms with Gasteiger partial charge in [-0.25, -0.2) is 0 Å². The molecule has 0 saturated carbocycles. The third-order valence-electron chi connectivity index (χ3n) is 3.83. The Morgan fingerprint density at radius 3 is 2.74 bits per heavy atom. The first-order chi connectivity index (χ1) is 9.26. The van der Waals surface area contributed by atoms with Crippen molar-refractivity contribution in [2.75, 3.05) is 50.1 Å². The summed E-state index contributed by atoms with van der Waals surface area (Å²) in [6.45, 7) is 9.22. The fourth-order valence-electron chi connectivity index (χ4n) is 2.65. The molecule has 1 N–H and O–H groups in total. The molecule has 0 amide bonds. The molecule has 0 aromatic heterocycles. The summed E-state index contributed by atoms with van der Waals surface area (Å²) in [7, 11) is 1.96. The summed E-state index contributed by atoms with van der Waals surface area (Å²) in [5, 5.41) is 3.20. The lowest BCUT2D eigenvalue weighted by atomic mass is 10.2. The van der Waals surface area contributed by atoms with Gasteiger partial charge in [-0.1, -0.05) is 6.07 Å². The van der Waals surface area contributed by atoms with Crippen LogP contribution in [0.2, 0.25) is 0 Å². The van der Waals surface area contributed by atoms with Gasteiger partial charge in [-0.2, -0.15) is 0 Å². The highest BCUT2D eigenvalue weighted by Gasteiger charge is 2.22. The number of hydrogen-bond acceptors (Lipinski definition) is 4. The molecule has 0 aliphatic carbocycles. The SMILES string of the molecule is CCN(c1cccc(NC)c1)C(C)N1CCOCC1. The number of ether oxygens (including phenoxy) is 1. The molecule has 1 aliphatic rings. The van der Waals surface area contributed by atoms with Crippen molar-refractivity contribution in [3.05, 3.63) is 24.3 Å². The predicted molar refractivity (Wildman–Crippen MR) is 80.9 cm³/mol. The Morgan fingerprint density at radius 1 is 1.37 bits per heavy atom. The van der Waals surface area contributed by atoms with Crippen LogP contribution in [0.5, 0.6) is 0 Å². The Balaban J connectivity index is 2.13. The maximum Gasteiger partial charge on any atom is 0.0793 e. The van der Waals surface area contributed by atoms with Crippen LogP contribution in [0.4, 0.5) is 11.4 Å². The van der Waals surface area contributed by atoms with Crippen LogP contribution in [0.25, 0.3) is 0 Å². The second-order valence-corrected chi connectivity index (χ2v) is 4.87. The van der Waals surface area contributed by atoms with E-state index in [1.54, 1.807) is 0 Å². The van der Waals surface area contributed by atoms with Crippen molar-refractivity contribution in [3.63, 3.8) is 0 Å². The Morgan fingerprint density at radius 2 is 2.11 bits per heavy atom. The number of nitrogens with zero attached hydrogens (tertiary/aromatic N) is 2. The highest BCUT2D eigenvalue weighted by Crippen LogP contribution is 2.22. The van der Waals surface area contributed by atoms with E-state index in [0.29, 0.717) is 6.17 Å². The molecule has 4 heteroatoms. The van der Waals surface area contributed by atoms with E-state index in [9.17, 15) is 0 Å². The average Bonchev–Trinajstić information content (AvgIpc) is 2.49. The molecular weight excluding hydrogens is 238 g/mol. The van der Waals surface area contributed by atoms with Gasteiger partial charge in [0, 0.05) is 38.1 Å². The minimum atomic E-state index is 0.404. The summed E-state index contributed by atoms with van der Waals surface area (Å²) in [6, 6.07) is 8.59. The van der Waals surface area contributed by atoms with Crippen LogP contribution < -0.4 is 10.2 Å². The minimum Gasteiger partial charge on any atom is -0.388 e. The van der Waals surface area contributed by atoms with Gasteiger partial charge < -0.3 is 15.0 Å². The van der Waals surface area contributed by atoms with Crippen LogP contribution >= 0.6 is 0 Å². The van der Waals surface area contributed by atoms with Crippen molar-refractivity contribution in [2.45, 2.75) is 20.0 Å². The third kappa shape index (κ3) is 3.39. The van der Waals surface area contributed by atoms with E-state index in [0.717, 1.165) is 38.5 Å². The number of hydrogen-bond donors (Lipinski definition) is 1. The quantitative estimate of drug-likeness (QED) is 0.881. The van der Waals surface area contributed by atoms with E-state index < -0.39 is 0 Å². The Bertz CT molecular complexity index is 391. The van der Waals surface area contributed by atoms with Crippen LogP contribution in [0, 0.1) is 0 Å². The number of nitrogens with one attached hydrogen (secondary N) is 1. The summed E-state index contributed by atoms with van der Waals surface area (Å²) in [4.78, 5) is 4.92. The first kappa shape index (κ1) is 14.2. The molecule has 0 spiro atoms. The summed E-state index contributed by atoms with van der Waals surface area (Å²) >= 11 is 0. The third-order valence-corrected chi connectivity index (χ3v) is 3.83. The lowest BCUT2D eigenvalue weighted by Gasteiger charge is -2.40. The molecule has 1 aromatic carbocycles. The van der Waals surface area contributed by atoms with Gasteiger partial charge in [0.2, 0.25) is 0 Å². The van der Waals surface area contributed by atoms with Crippen LogP contribution in [0.15, 0.2) is 24.3 Å². The molecule has 1 heterocycles. The smallest absolute Gasteiger partial charge is 0.0793 e. The number of morpholine rings is 1. The largest absolute Gasteiger partial charge is 0.388 e. The van der Waals surface area contributed by atoms with Gasteiger partial charge in [0.05, 0.1) is 19.4 Å². The lowest BCUT2D eigenvalue weighted by molar-refractivity contribution is 0.0198. The summed E-state index contributed by atoms with van der Waals surface area (Å²) in [5.41, 5.74) is 2.43. The van der Waals surface area contributed by atoms with Gasteiger partial charge in [-0.15, -0.1) is 0 Å². The topological polar surface area (TPSA) is 27.7 Å². The maximum absolute atomic E-state index is 5.44.